The molecule has 20 heavy (non-hydrogen) atoms. The first kappa shape index (κ1) is 15.4. The molecule has 0 aromatic heterocycles. The Labute approximate surface area is 138 Å². The minimum atomic E-state index is 0.402. The predicted octanol–water partition coefficient (Wildman–Crippen LogP) is 5.76. The Balaban J connectivity index is 2.08. The summed E-state index contributed by atoms with van der Waals surface area (Å²) in [7, 11) is 0. The normalized spacial score (nSPS) is 10.2. The lowest BCUT2D eigenvalue weighted by molar-refractivity contribution is 1.47. The Morgan fingerprint density at radius 1 is 0.900 bits per heavy atom. The van der Waals surface area contributed by atoms with Gasteiger partial charge in [-0.05, 0) is 43.4 Å². The molecule has 0 saturated heterocycles. The van der Waals surface area contributed by atoms with Gasteiger partial charge in [-0.3, -0.25) is 0 Å². The van der Waals surface area contributed by atoms with Gasteiger partial charge in [0.05, 0.1) is 20.8 Å². The molecule has 0 atom stereocenters. The lowest BCUT2D eigenvalue weighted by Crippen LogP contribution is -2.19. The molecule has 0 heterocycles. The van der Waals surface area contributed by atoms with Crippen LogP contribution in [0.5, 0.6) is 0 Å². The molecule has 2 aromatic carbocycles. The molecule has 2 nitrogen and oxygen atoms in total. The molecule has 0 radical (unpaired) electrons. The highest BCUT2D eigenvalue weighted by Gasteiger charge is 2.07. The number of nitrogens with one attached hydrogen (secondary N) is 2. The van der Waals surface area contributed by atoms with Crippen LogP contribution >= 0.6 is 47.0 Å². The van der Waals surface area contributed by atoms with Crippen molar-refractivity contribution >= 4 is 63.5 Å². The topological polar surface area (TPSA) is 24.1 Å². The van der Waals surface area contributed by atoms with Gasteiger partial charge in [-0.2, -0.15) is 0 Å². The van der Waals surface area contributed by atoms with Gasteiger partial charge in [0, 0.05) is 5.69 Å². The fraction of sp³-hybridized carbons (Fsp3) is 0.0714. The fourth-order valence-corrected chi connectivity index (χ4v) is 2.36. The average Bonchev–Trinajstić information content (AvgIpc) is 2.39. The maximum Gasteiger partial charge on any atom is 0.175 e. The number of hydrogen-bond donors (Lipinski definition) is 2. The standard InChI is InChI=1S/C14H11Cl3N2S/c1-8-2-4-9(5-3-8)18-14(20)19-13-7-11(16)10(15)6-12(13)17/h2-7H,1H3,(H2,18,19,20). The molecule has 0 bridgehead atoms. The van der Waals surface area contributed by atoms with Gasteiger partial charge in [0.25, 0.3) is 0 Å². The van der Waals surface area contributed by atoms with Crippen molar-refractivity contribution in [3.05, 3.63) is 57.0 Å². The number of halogens is 3. The number of anilines is 2. The van der Waals surface area contributed by atoms with Crippen molar-refractivity contribution in [1.82, 2.24) is 0 Å². The second-order valence-electron chi connectivity index (χ2n) is 4.19. The number of rotatable bonds is 2. The largest absolute Gasteiger partial charge is 0.332 e. The molecule has 0 unspecified atom stereocenters. The number of hydrogen-bond acceptors (Lipinski definition) is 1. The molecule has 2 N–H and O–H groups in total. The summed E-state index contributed by atoms with van der Waals surface area (Å²) < 4.78 is 0. The van der Waals surface area contributed by atoms with E-state index in [-0.39, 0.29) is 0 Å². The van der Waals surface area contributed by atoms with Gasteiger partial charge in [-0.15, -0.1) is 0 Å². The van der Waals surface area contributed by atoms with Crippen molar-refractivity contribution in [2.75, 3.05) is 10.6 Å². The summed E-state index contributed by atoms with van der Waals surface area (Å²) in [6, 6.07) is 11.1. The van der Waals surface area contributed by atoms with E-state index in [4.69, 9.17) is 47.0 Å². The summed E-state index contributed by atoms with van der Waals surface area (Å²) >= 11 is 23.1. The number of thiocarbonyl (C=S) groups is 1. The monoisotopic (exact) mass is 344 g/mol. The van der Waals surface area contributed by atoms with Crippen molar-refractivity contribution in [3.63, 3.8) is 0 Å². The van der Waals surface area contributed by atoms with E-state index < -0.39 is 0 Å². The van der Waals surface area contributed by atoms with Crippen LogP contribution in [-0.4, -0.2) is 5.11 Å². The maximum absolute atomic E-state index is 6.08. The van der Waals surface area contributed by atoms with E-state index >= 15 is 0 Å². The summed E-state index contributed by atoms with van der Waals surface area (Å²) in [5.74, 6) is 0. The van der Waals surface area contributed by atoms with Gasteiger partial charge in [-0.25, -0.2) is 0 Å². The second kappa shape index (κ2) is 6.64. The first-order chi connectivity index (χ1) is 9.45. The SMILES string of the molecule is Cc1ccc(NC(=S)Nc2cc(Cl)c(Cl)cc2Cl)cc1. The Bertz CT molecular complexity index is 642. The van der Waals surface area contributed by atoms with Crippen LogP contribution in [0.1, 0.15) is 5.56 Å². The molecule has 2 aromatic rings. The fourth-order valence-electron chi connectivity index (χ4n) is 1.54. The van der Waals surface area contributed by atoms with Gasteiger partial charge in [-0.1, -0.05) is 52.5 Å². The van der Waals surface area contributed by atoms with E-state index in [2.05, 4.69) is 10.6 Å². The van der Waals surface area contributed by atoms with Crippen molar-refractivity contribution in [2.24, 2.45) is 0 Å². The van der Waals surface area contributed by atoms with Crippen LogP contribution in [0.2, 0.25) is 15.1 Å². The van der Waals surface area contributed by atoms with Crippen LogP contribution in [-0.2, 0) is 0 Å². The molecular formula is C14H11Cl3N2S. The third-order valence-electron chi connectivity index (χ3n) is 2.57. The van der Waals surface area contributed by atoms with Crippen LogP contribution < -0.4 is 10.6 Å². The van der Waals surface area contributed by atoms with Crippen molar-refractivity contribution < 1.29 is 0 Å². The van der Waals surface area contributed by atoms with Gasteiger partial charge >= 0.3 is 0 Å². The molecular weight excluding hydrogens is 335 g/mol. The Morgan fingerprint density at radius 3 is 2.15 bits per heavy atom. The highest BCUT2D eigenvalue weighted by Crippen LogP contribution is 2.32. The van der Waals surface area contributed by atoms with Crippen molar-refractivity contribution in [3.8, 4) is 0 Å². The van der Waals surface area contributed by atoms with E-state index in [0.29, 0.717) is 25.9 Å². The molecule has 0 aliphatic rings. The minimum absolute atomic E-state index is 0.402. The van der Waals surface area contributed by atoms with Gasteiger partial charge in [0.15, 0.2) is 5.11 Å². The van der Waals surface area contributed by atoms with E-state index in [9.17, 15) is 0 Å². The van der Waals surface area contributed by atoms with E-state index in [1.165, 1.54) is 5.56 Å². The van der Waals surface area contributed by atoms with Gasteiger partial charge in [0.2, 0.25) is 0 Å². The van der Waals surface area contributed by atoms with Gasteiger partial charge in [0.1, 0.15) is 0 Å². The van der Waals surface area contributed by atoms with E-state index in [0.717, 1.165) is 5.69 Å². The van der Waals surface area contributed by atoms with E-state index in [1.807, 2.05) is 31.2 Å². The minimum Gasteiger partial charge on any atom is -0.332 e. The first-order valence-electron chi connectivity index (χ1n) is 5.75. The summed E-state index contributed by atoms with van der Waals surface area (Å²) in [4.78, 5) is 0. The van der Waals surface area contributed by atoms with Gasteiger partial charge < -0.3 is 10.6 Å². The second-order valence-corrected chi connectivity index (χ2v) is 5.82. The molecule has 0 spiro atoms. The van der Waals surface area contributed by atoms with Crippen LogP contribution in [0.15, 0.2) is 36.4 Å². The Hall–Kier alpha value is -1.00. The molecule has 0 aliphatic carbocycles. The highest BCUT2D eigenvalue weighted by atomic mass is 35.5. The highest BCUT2D eigenvalue weighted by molar-refractivity contribution is 7.80. The molecule has 0 saturated carbocycles. The van der Waals surface area contributed by atoms with Crippen molar-refractivity contribution in [1.29, 1.82) is 0 Å². The Kier molecular flexibility index (Phi) is 5.11. The van der Waals surface area contributed by atoms with E-state index in [1.54, 1.807) is 12.1 Å². The summed E-state index contributed by atoms with van der Waals surface area (Å²) in [6.45, 7) is 2.02. The number of aryl methyl sites for hydroxylation is 1. The lowest BCUT2D eigenvalue weighted by atomic mass is 10.2. The van der Waals surface area contributed by atoms with Crippen LogP contribution in [0.3, 0.4) is 0 Å². The molecule has 0 amide bonds. The maximum atomic E-state index is 6.08. The Morgan fingerprint density at radius 2 is 1.50 bits per heavy atom. The quantitative estimate of drug-likeness (QED) is 0.534. The molecule has 0 aliphatic heterocycles. The van der Waals surface area contributed by atoms with Crippen molar-refractivity contribution in [2.45, 2.75) is 6.92 Å². The summed E-state index contributed by atoms with van der Waals surface area (Å²) in [5.41, 5.74) is 2.68. The predicted molar refractivity (Wildman–Crippen MR) is 92.5 cm³/mol. The average molecular weight is 346 g/mol. The number of benzene rings is 2. The smallest absolute Gasteiger partial charge is 0.175 e. The zero-order valence-electron chi connectivity index (χ0n) is 10.5. The van der Waals surface area contributed by atoms with Crippen LogP contribution in [0.4, 0.5) is 11.4 Å². The van der Waals surface area contributed by atoms with Crippen LogP contribution in [0.25, 0.3) is 0 Å². The van der Waals surface area contributed by atoms with Crippen LogP contribution in [0, 0.1) is 6.92 Å². The first-order valence-corrected chi connectivity index (χ1v) is 7.29. The molecule has 6 heteroatoms. The summed E-state index contributed by atoms with van der Waals surface area (Å²) in [6.07, 6.45) is 0. The zero-order valence-corrected chi connectivity index (χ0v) is 13.6. The molecule has 0 fully saturated rings. The lowest BCUT2D eigenvalue weighted by Gasteiger charge is -2.12. The summed E-state index contributed by atoms with van der Waals surface area (Å²) in [5, 5.41) is 7.74. The zero-order chi connectivity index (χ0) is 14.7. The third-order valence-corrected chi connectivity index (χ3v) is 3.81. The molecule has 104 valence electrons. The third kappa shape index (κ3) is 4.00. The molecule has 2 rings (SSSR count).